The number of hydrogen-bond donors (Lipinski definition) is 1. The van der Waals surface area contributed by atoms with Crippen molar-refractivity contribution in [3.8, 4) is 0 Å². The van der Waals surface area contributed by atoms with E-state index in [1.165, 1.54) is 12.8 Å². The molecule has 0 bridgehead atoms. The Morgan fingerprint density at radius 1 is 1.11 bits per heavy atom. The van der Waals surface area contributed by atoms with E-state index in [2.05, 4.69) is 33.0 Å². The Kier molecular flexibility index (Phi) is 6.15. The van der Waals surface area contributed by atoms with Gasteiger partial charge in [0.25, 0.3) is 0 Å². The highest BCUT2D eigenvalue weighted by atomic mass is 16.5. The molecule has 3 heteroatoms. The molecule has 19 heavy (non-hydrogen) atoms. The molecule has 0 unspecified atom stereocenters. The van der Waals surface area contributed by atoms with E-state index in [0.717, 1.165) is 38.5 Å². The summed E-state index contributed by atoms with van der Waals surface area (Å²) < 4.78 is 5.24. The summed E-state index contributed by atoms with van der Waals surface area (Å²) in [5.41, 5.74) is 0.419. The van der Waals surface area contributed by atoms with Crippen LogP contribution in [-0.4, -0.2) is 18.2 Å². The van der Waals surface area contributed by atoms with Crippen LogP contribution in [0.15, 0.2) is 0 Å². The number of rotatable bonds is 8. The lowest BCUT2D eigenvalue weighted by atomic mass is 9.55. The van der Waals surface area contributed by atoms with E-state index >= 15 is 0 Å². The van der Waals surface area contributed by atoms with Gasteiger partial charge in [0.05, 0.1) is 6.61 Å². The first-order valence-electron chi connectivity index (χ1n) is 7.94. The molecule has 1 N–H and O–H groups in total. The zero-order chi connectivity index (χ0) is 14.4. The molecule has 0 atom stereocenters. The first kappa shape index (κ1) is 16.3. The van der Waals surface area contributed by atoms with Crippen LogP contribution in [-0.2, 0) is 4.74 Å². The van der Waals surface area contributed by atoms with E-state index in [0.29, 0.717) is 12.0 Å². The molecule has 1 aliphatic rings. The predicted molar refractivity (Wildman–Crippen MR) is 79.3 cm³/mol. The molecule has 0 spiro atoms. The third kappa shape index (κ3) is 4.70. The number of ether oxygens (including phenoxy) is 1. The number of amides is 1. The van der Waals surface area contributed by atoms with Gasteiger partial charge in [0.15, 0.2) is 0 Å². The van der Waals surface area contributed by atoms with Crippen LogP contribution < -0.4 is 5.32 Å². The summed E-state index contributed by atoms with van der Waals surface area (Å²) in [6, 6.07) is 0. The van der Waals surface area contributed by atoms with Crippen molar-refractivity contribution in [2.75, 3.05) is 6.61 Å². The molecular formula is C16H31NO2. The van der Waals surface area contributed by atoms with Crippen LogP contribution in [0.3, 0.4) is 0 Å². The van der Waals surface area contributed by atoms with Gasteiger partial charge >= 0.3 is 6.09 Å². The summed E-state index contributed by atoms with van der Waals surface area (Å²) in [4.78, 5) is 11.8. The van der Waals surface area contributed by atoms with Crippen molar-refractivity contribution in [2.45, 2.75) is 84.6 Å². The van der Waals surface area contributed by atoms with Crippen molar-refractivity contribution in [1.82, 2.24) is 5.32 Å². The number of hydrogen-bond acceptors (Lipinski definition) is 2. The Morgan fingerprint density at radius 2 is 1.74 bits per heavy atom. The van der Waals surface area contributed by atoms with Crippen LogP contribution in [0.5, 0.6) is 0 Å². The van der Waals surface area contributed by atoms with Crippen molar-refractivity contribution in [1.29, 1.82) is 0 Å². The summed E-state index contributed by atoms with van der Waals surface area (Å²) >= 11 is 0. The summed E-state index contributed by atoms with van der Waals surface area (Å²) in [6.07, 6.45) is 8.64. The van der Waals surface area contributed by atoms with Gasteiger partial charge < -0.3 is 10.1 Å². The number of alkyl carbamates (subject to hydrolysis) is 1. The van der Waals surface area contributed by atoms with E-state index in [4.69, 9.17) is 4.74 Å². The maximum atomic E-state index is 11.8. The molecule has 0 aromatic heterocycles. The van der Waals surface area contributed by atoms with Gasteiger partial charge in [-0.2, -0.15) is 0 Å². The number of carbonyl (C=O) groups is 1. The minimum Gasteiger partial charge on any atom is -0.450 e. The Bertz CT molecular complexity index is 282. The highest BCUT2D eigenvalue weighted by molar-refractivity contribution is 5.68. The zero-order valence-corrected chi connectivity index (χ0v) is 13.2. The van der Waals surface area contributed by atoms with Crippen LogP contribution >= 0.6 is 0 Å². The average Bonchev–Trinajstić information content (AvgIpc) is 2.27. The highest BCUT2D eigenvalue weighted by Crippen LogP contribution is 2.53. The van der Waals surface area contributed by atoms with E-state index in [1.807, 2.05) is 0 Å². The van der Waals surface area contributed by atoms with Crippen molar-refractivity contribution in [3.05, 3.63) is 0 Å². The zero-order valence-electron chi connectivity index (χ0n) is 13.2. The molecule has 112 valence electrons. The van der Waals surface area contributed by atoms with Crippen LogP contribution in [0.25, 0.3) is 0 Å². The number of unbranched alkanes of at least 4 members (excludes halogenated alkanes) is 1. The quantitative estimate of drug-likeness (QED) is 0.651. The maximum absolute atomic E-state index is 11.8. The van der Waals surface area contributed by atoms with Crippen molar-refractivity contribution in [2.24, 2.45) is 5.41 Å². The van der Waals surface area contributed by atoms with Crippen LogP contribution in [0.4, 0.5) is 4.79 Å². The molecule has 0 radical (unpaired) electrons. The molecule has 0 heterocycles. The molecular weight excluding hydrogens is 238 g/mol. The fourth-order valence-electron chi connectivity index (χ4n) is 3.73. The first-order chi connectivity index (χ1) is 8.99. The molecule has 1 aliphatic carbocycles. The van der Waals surface area contributed by atoms with Crippen molar-refractivity contribution < 1.29 is 9.53 Å². The van der Waals surface area contributed by atoms with Gasteiger partial charge in [0.1, 0.15) is 0 Å². The Balaban J connectivity index is 2.44. The predicted octanol–water partition coefficient (Wildman–Crippen LogP) is 4.65. The Hall–Kier alpha value is -0.730. The van der Waals surface area contributed by atoms with Gasteiger partial charge in [-0.15, -0.1) is 0 Å². The van der Waals surface area contributed by atoms with Gasteiger partial charge in [-0.25, -0.2) is 4.79 Å². The van der Waals surface area contributed by atoms with Crippen LogP contribution in [0.1, 0.15) is 79.1 Å². The fourth-order valence-corrected chi connectivity index (χ4v) is 3.73. The molecule has 0 saturated heterocycles. The van der Waals surface area contributed by atoms with E-state index in [9.17, 15) is 4.79 Å². The molecule has 0 aromatic carbocycles. The topological polar surface area (TPSA) is 38.3 Å². The monoisotopic (exact) mass is 269 g/mol. The summed E-state index contributed by atoms with van der Waals surface area (Å²) in [6.45, 7) is 9.39. The second kappa shape index (κ2) is 7.16. The maximum Gasteiger partial charge on any atom is 0.407 e. The number of nitrogens with one attached hydrogen (secondary N) is 1. The lowest BCUT2D eigenvalue weighted by molar-refractivity contribution is 0.000733. The molecule has 1 saturated carbocycles. The van der Waals surface area contributed by atoms with E-state index in [1.54, 1.807) is 0 Å². The van der Waals surface area contributed by atoms with E-state index in [-0.39, 0.29) is 11.6 Å². The van der Waals surface area contributed by atoms with Crippen molar-refractivity contribution >= 4 is 6.09 Å². The van der Waals surface area contributed by atoms with Crippen molar-refractivity contribution in [3.63, 3.8) is 0 Å². The molecule has 1 fully saturated rings. The number of carbonyl (C=O) groups excluding carboxylic acids is 1. The van der Waals surface area contributed by atoms with Gasteiger partial charge in [0.2, 0.25) is 0 Å². The third-order valence-electron chi connectivity index (χ3n) is 4.21. The minimum absolute atomic E-state index is 0.00195. The Labute approximate surface area is 118 Å². The average molecular weight is 269 g/mol. The molecule has 0 aliphatic heterocycles. The highest BCUT2D eigenvalue weighted by Gasteiger charge is 2.51. The second-order valence-electron chi connectivity index (χ2n) is 6.56. The van der Waals surface area contributed by atoms with Gasteiger partial charge in [-0.1, -0.05) is 47.0 Å². The standard InChI is InChI=1S/C16H31NO2/c1-5-8-11-19-14(18)17-16(10-7-3)12-15(4,13-16)9-6-2/h5-13H2,1-4H3,(H,17,18). The molecule has 1 rings (SSSR count). The van der Waals surface area contributed by atoms with Gasteiger partial charge in [-0.05, 0) is 37.5 Å². The van der Waals surface area contributed by atoms with Gasteiger partial charge in [0, 0.05) is 5.54 Å². The summed E-state index contributed by atoms with van der Waals surface area (Å²) in [5.74, 6) is 0. The molecule has 1 amide bonds. The second-order valence-corrected chi connectivity index (χ2v) is 6.56. The van der Waals surface area contributed by atoms with Crippen LogP contribution in [0, 0.1) is 5.41 Å². The SMILES string of the molecule is CCCCOC(=O)NC1(CCC)CC(C)(CCC)C1. The lowest BCUT2D eigenvalue weighted by Crippen LogP contribution is -2.61. The molecule has 0 aromatic rings. The minimum atomic E-state index is -0.222. The first-order valence-corrected chi connectivity index (χ1v) is 7.94. The van der Waals surface area contributed by atoms with E-state index < -0.39 is 0 Å². The normalized spacial score (nSPS) is 29.7. The summed E-state index contributed by atoms with van der Waals surface area (Å²) in [5, 5.41) is 3.14. The molecule has 3 nitrogen and oxygen atoms in total. The smallest absolute Gasteiger partial charge is 0.407 e. The van der Waals surface area contributed by atoms with Crippen LogP contribution in [0.2, 0.25) is 0 Å². The third-order valence-corrected chi connectivity index (χ3v) is 4.21. The fraction of sp³-hybridized carbons (Fsp3) is 0.938. The lowest BCUT2D eigenvalue weighted by Gasteiger charge is -2.55. The Morgan fingerprint density at radius 3 is 2.26 bits per heavy atom. The van der Waals surface area contributed by atoms with Gasteiger partial charge in [-0.3, -0.25) is 0 Å². The summed E-state index contributed by atoms with van der Waals surface area (Å²) in [7, 11) is 0. The largest absolute Gasteiger partial charge is 0.450 e.